The zero-order valence-corrected chi connectivity index (χ0v) is 24.8. The minimum atomic E-state index is -3.35. The fourth-order valence-corrected chi connectivity index (χ4v) is 10.3. The van der Waals surface area contributed by atoms with Crippen molar-refractivity contribution in [1.29, 1.82) is 0 Å². The number of sulfone groups is 2. The van der Waals surface area contributed by atoms with Crippen molar-refractivity contribution in [3.05, 3.63) is 0 Å². The van der Waals surface area contributed by atoms with E-state index in [0.717, 1.165) is 41.9 Å². The molecule has 2 aromatic heterocycles. The third-order valence-corrected chi connectivity index (χ3v) is 14.0. The molecule has 2 aromatic rings. The zero-order chi connectivity index (χ0) is 25.9. The highest BCUT2D eigenvalue weighted by atomic mass is 32.3. The van der Waals surface area contributed by atoms with Gasteiger partial charge in [-0.3, -0.25) is 8.42 Å². The van der Waals surface area contributed by atoms with E-state index in [9.17, 15) is 25.3 Å². The van der Waals surface area contributed by atoms with E-state index in [1.165, 1.54) is 0 Å². The lowest BCUT2D eigenvalue weighted by molar-refractivity contribution is 0.589. The summed E-state index contributed by atoms with van der Waals surface area (Å²) >= 11 is 1.84. The summed E-state index contributed by atoms with van der Waals surface area (Å²) in [6, 6.07) is 0. The van der Waals surface area contributed by atoms with Gasteiger partial charge in [-0.05, 0) is 19.3 Å². The molecule has 0 aromatic carbocycles. The fraction of sp³-hybridized carbons (Fsp3) is 0.778. The average molecular weight is 593 g/mol. The van der Waals surface area contributed by atoms with E-state index in [4.69, 9.17) is 0 Å². The molecule has 0 amide bonds. The van der Waals surface area contributed by atoms with Gasteiger partial charge in [-0.15, -0.1) is 20.4 Å². The lowest BCUT2D eigenvalue weighted by atomic mass is 10.4. The maximum absolute atomic E-state index is 11.8. The first-order valence-electron chi connectivity index (χ1n) is 10.8. The number of hydrogen-bond acceptors (Lipinski definition) is 12. The highest BCUT2D eigenvalue weighted by Gasteiger charge is 2.23. The van der Waals surface area contributed by atoms with E-state index in [-0.39, 0.29) is 29.8 Å². The molecule has 0 fully saturated rings. The third kappa shape index (κ3) is 9.76. The first-order valence-corrected chi connectivity index (χ1v) is 18.3. The van der Waals surface area contributed by atoms with Crippen LogP contribution in [0, 0.1) is 0 Å². The molecule has 16 heteroatoms. The molecule has 10 nitrogen and oxygen atoms in total. The molecule has 2 atom stereocenters. The average Bonchev–Trinajstić information content (AvgIpc) is 3.47. The molecule has 2 rings (SSSR count). The van der Waals surface area contributed by atoms with Gasteiger partial charge in [0, 0.05) is 11.0 Å². The van der Waals surface area contributed by atoms with Crippen molar-refractivity contribution < 1.29 is 25.3 Å². The van der Waals surface area contributed by atoms with E-state index in [1.807, 2.05) is 20.8 Å². The molecule has 0 N–H and O–H groups in total. The Balaban J connectivity index is 0.000000340. The molecule has 0 aliphatic heterocycles. The minimum absolute atomic E-state index is 0.00889. The van der Waals surface area contributed by atoms with Crippen LogP contribution in [0.3, 0.4) is 0 Å². The van der Waals surface area contributed by atoms with Crippen LogP contribution in [0.25, 0.3) is 0 Å². The molecule has 0 radical (unpaired) electrons. The van der Waals surface area contributed by atoms with Crippen molar-refractivity contribution in [3.63, 3.8) is 0 Å². The van der Waals surface area contributed by atoms with Crippen LogP contribution in [-0.4, -0.2) is 68.2 Å². The van der Waals surface area contributed by atoms with Gasteiger partial charge in [0.25, 0.3) is 0 Å². The van der Waals surface area contributed by atoms with Crippen molar-refractivity contribution >= 4 is 63.9 Å². The van der Waals surface area contributed by atoms with E-state index in [1.54, 1.807) is 13.8 Å². The molecular weight excluding hydrogens is 561 g/mol. The van der Waals surface area contributed by atoms with Gasteiger partial charge in [-0.25, -0.2) is 16.8 Å². The van der Waals surface area contributed by atoms with Gasteiger partial charge < -0.3 is 0 Å². The molecule has 34 heavy (non-hydrogen) atoms. The molecule has 2 heterocycles. The maximum Gasteiger partial charge on any atom is 0.233 e. The first kappa shape index (κ1) is 31.4. The van der Waals surface area contributed by atoms with Gasteiger partial charge >= 0.3 is 0 Å². The quantitative estimate of drug-likeness (QED) is 0.338. The number of unbranched alkanes of at least 4 members (excludes halogenated alkanes) is 2. The molecular formula is C18H32N4O6S6. The first-order chi connectivity index (χ1) is 15.9. The highest BCUT2D eigenvalue weighted by molar-refractivity contribution is 7.94. The van der Waals surface area contributed by atoms with E-state index >= 15 is 0 Å². The van der Waals surface area contributed by atoms with Crippen LogP contribution in [0.15, 0.2) is 17.4 Å². The SMILES string of the molecule is CCCCS(=O)(=O)c1nnc(S(=O)C(C)C)s1.CCCCS(=O)(=O)c1nnc(S(=O)CCC)s1. The summed E-state index contributed by atoms with van der Waals surface area (Å²) in [5.41, 5.74) is 0. The van der Waals surface area contributed by atoms with E-state index in [0.29, 0.717) is 22.9 Å². The lowest BCUT2D eigenvalue weighted by Crippen LogP contribution is -2.06. The monoisotopic (exact) mass is 592 g/mol. The molecule has 0 aliphatic carbocycles. The van der Waals surface area contributed by atoms with Crippen LogP contribution in [0.4, 0.5) is 0 Å². The maximum atomic E-state index is 11.8. The Morgan fingerprint density at radius 1 is 0.735 bits per heavy atom. The van der Waals surface area contributed by atoms with Gasteiger partial charge in [-0.2, -0.15) is 0 Å². The van der Waals surface area contributed by atoms with Crippen LogP contribution in [0.2, 0.25) is 0 Å². The summed E-state index contributed by atoms with van der Waals surface area (Å²) in [5.74, 6) is 0.647. The van der Waals surface area contributed by atoms with E-state index in [2.05, 4.69) is 20.4 Å². The standard InChI is InChI=1S/2C9H16N2O3S3/c1-4-5-6-17(13,14)9-11-10-8(15-9)16(12)7(2)3;1-3-5-7-17(13,14)9-11-10-8(15-9)16(12)6-4-2/h7H,4-6H2,1-3H3;3-7H2,1-2H3. The number of hydrogen-bond donors (Lipinski definition) is 0. The van der Waals surface area contributed by atoms with Gasteiger partial charge in [0.2, 0.25) is 37.0 Å². The second-order valence-electron chi connectivity index (χ2n) is 7.41. The Kier molecular flexibility index (Phi) is 13.6. The zero-order valence-electron chi connectivity index (χ0n) is 19.9. The molecule has 0 saturated heterocycles. The highest BCUT2D eigenvalue weighted by Crippen LogP contribution is 2.22. The number of rotatable bonds is 13. The summed E-state index contributed by atoms with van der Waals surface area (Å²) in [6.07, 6.45) is 3.60. The van der Waals surface area contributed by atoms with Crippen LogP contribution in [-0.2, 0) is 41.3 Å². The smallest absolute Gasteiger partial charge is 0.233 e. The predicted octanol–water partition coefficient (Wildman–Crippen LogP) is 3.26. The van der Waals surface area contributed by atoms with Crippen molar-refractivity contribution in [2.45, 2.75) is 89.3 Å². The Hall–Kier alpha value is -0.680. The van der Waals surface area contributed by atoms with Crippen molar-refractivity contribution in [3.8, 4) is 0 Å². The number of nitrogens with zero attached hydrogens (tertiary/aromatic N) is 4. The summed E-state index contributed by atoms with van der Waals surface area (Å²) in [7, 11) is -9.19. The minimum Gasteiger partial charge on any atom is -0.252 e. The van der Waals surface area contributed by atoms with Gasteiger partial charge in [-0.1, -0.05) is 70.1 Å². The Bertz CT molecular complexity index is 1160. The van der Waals surface area contributed by atoms with Crippen molar-refractivity contribution in [2.24, 2.45) is 0 Å². The molecule has 0 aliphatic rings. The van der Waals surface area contributed by atoms with Crippen molar-refractivity contribution in [1.82, 2.24) is 20.4 Å². The second-order valence-corrected chi connectivity index (χ2v) is 17.9. The van der Waals surface area contributed by atoms with Gasteiger partial charge in [0.05, 0.1) is 33.1 Å². The van der Waals surface area contributed by atoms with Crippen molar-refractivity contribution in [2.75, 3.05) is 17.3 Å². The summed E-state index contributed by atoms with van der Waals surface area (Å²) < 4.78 is 71.1. The molecule has 0 spiro atoms. The van der Waals surface area contributed by atoms with Crippen LogP contribution in [0.1, 0.15) is 66.7 Å². The van der Waals surface area contributed by atoms with Gasteiger partial charge in [0.1, 0.15) is 0 Å². The lowest BCUT2D eigenvalue weighted by Gasteiger charge is -1.99. The topological polar surface area (TPSA) is 154 Å². The second kappa shape index (κ2) is 14.8. The normalized spacial score (nSPS) is 13.9. The third-order valence-electron chi connectivity index (χ3n) is 4.03. The Labute approximate surface area is 215 Å². The summed E-state index contributed by atoms with van der Waals surface area (Å²) in [4.78, 5) is 0. The van der Waals surface area contributed by atoms with Crippen LogP contribution >= 0.6 is 22.7 Å². The fourth-order valence-electron chi connectivity index (χ4n) is 2.14. The number of aromatic nitrogens is 4. The largest absolute Gasteiger partial charge is 0.252 e. The molecule has 0 saturated carbocycles. The van der Waals surface area contributed by atoms with Gasteiger partial charge in [0.15, 0.2) is 0 Å². The molecule has 2 unspecified atom stereocenters. The molecule has 196 valence electrons. The summed E-state index contributed by atoms with van der Waals surface area (Å²) in [6.45, 7) is 9.36. The van der Waals surface area contributed by atoms with Crippen LogP contribution < -0.4 is 0 Å². The molecule has 0 bridgehead atoms. The predicted molar refractivity (Wildman–Crippen MR) is 137 cm³/mol. The van der Waals surface area contributed by atoms with E-state index < -0.39 is 41.3 Å². The summed E-state index contributed by atoms with van der Waals surface area (Å²) in [5, 5.41) is 14.6. The van der Waals surface area contributed by atoms with Crippen LogP contribution in [0.5, 0.6) is 0 Å². The Morgan fingerprint density at radius 2 is 1.18 bits per heavy atom. The Morgan fingerprint density at radius 3 is 1.59 bits per heavy atom.